The Balaban J connectivity index is 1.56. The quantitative estimate of drug-likeness (QED) is 0.558. The van der Waals surface area contributed by atoms with E-state index in [1.54, 1.807) is 39.0 Å². The van der Waals surface area contributed by atoms with Crippen LogP contribution in [0.3, 0.4) is 0 Å². The Labute approximate surface area is 170 Å². The molecule has 0 radical (unpaired) electrons. The van der Waals surface area contributed by atoms with Crippen molar-refractivity contribution in [2.45, 2.75) is 33.2 Å². The number of rotatable bonds is 4. The molecule has 2 saturated heterocycles. The lowest BCUT2D eigenvalue weighted by atomic mass is 10.1. The molecule has 156 valence electrons. The standard InChI is InChI=1S/C21H27N3O5/c1-14(2)24-13-17(12-19(24)26)21(28)23-9-7-22(8-10-23)20(27)16-5-4-6-18(11-16)29-15(3)25/h4-6,11,14,17H,7-10,12-13H2,1-3H3. The Morgan fingerprint density at radius 3 is 2.31 bits per heavy atom. The lowest BCUT2D eigenvalue weighted by Gasteiger charge is -2.36. The van der Waals surface area contributed by atoms with Crippen molar-refractivity contribution in [2.24, 2.45) is 5.92 Å². The molecule has 1 aromatic rings. The molecule has 1 atom stereocenters. The maximum absolute atomic E-state index is 12.8. The summed E-state index contributed by atoms with van der Waals surface area (Å²) in [6.45, 7) is 7.42. The van der Waals surface area contributed by atoms with Gasteiger partial charge in [-0.25, -0.2) is 0 Å². The highest BCUT2D eigenvalue weighted by Crippen LogP contribution is 2.23. The molecule has 3 rings (SSSR count). The first kappa shape index (κ1) is 20.8. The lowest BCUT2D eigenvalue weighted by molar-refractivity contribution is -0.137. The summed E-state index contributed by atoms with van der Waals surface area (Å²) >= 11 is 0. The van der Waals surface area contributed by atoms with Crippen molar-refractivity contribution in [3.05, 3.63) is 29.8 Å². The van der Waals surface area contributed by atoms with E-state index < -0.39 is 5.97 Å². The molecule has 8 nitrogen and oxygen atoms in total. The van der Waals surface area contributed by atoms with Crippen molar-refractivity contribution in [1.29, 1.82) is 0 Å². The van der Waals surface area contributed by atoms with Gasteiger partial charge in [0.05, 0.1) is 5.92 Å². The Morgan fingerprint density at radius 2 is 1.72 bits per heavy atom. The first-order chi connectivity index (χ1) is 13.8. The van der Waals surface area contributed by atoms with Crippen LogP contribution in [0.1, 0.15) is 37.6 Å². The van der Waals surface area contributed by atoms with Gasteiger partial charge in [0, 0.05) is 57.7 Å². The predicted octanol–water partition coefficient (Wildman–Crippen LogP) is 1.15. The van der Waals surface area contributed by atoms with Gasteiger partial charge >= 0.3 is 5.97 Å². The molecule has 29 heavy (non-hydrogen) atoms. The molecular formula is C21H27N3O5. The SMILES string of the molecule is CC(=O)Oc1cccc(C(=O)N2CCN(C(=O)C3CC(=O)N(C(C)C)C3)CC2)c1. The third kappa shape index (κ3) is 4.75. The molecule has 2 aliphatic rings. The highest BCUT2D eigenvalue weighted by atomic mass is 16.5. The van der Waals surface area contributed by atoms with Crippen LogP contribution in [0, 0.1) is 5.92 Å². The van der Waals surface area contributed by atoms with Crippen LogP contribution in [0.15, 0.2) is 24.3 Å². The van der Waals surface area contributed by atoms with E-state index in [1.165, 1.54) is 6.92 Å². The smallest absolute Gasteiger partial charge is 0.308 e. The number of hydrogen-bond acceptors (Lipinski definition) is 5. The molecule has 8 heteroatoms. The fraction of sp³-hybridized carbons (Fsp3) is 0.524. The van der Waals surface area contributed by atoms with Crippen LogP contribution in [0.5, 0.6) is 5.75 Å². The Morgan fingerprint density at radius 1 is 1.07 bits per heavy atom. The number of carbonyl (C=O) groups is 4. The second kappa shape index (κ2) is 8.63. The van der Waals surface area contributed by atoms with Crippen molar-refractivity contribution in [3.63, 3.8) is 0 Å². The van der Waals surface area contributed by atoms with E-state index in [0.717, 1.165) is 0 Å². The summed E-state index contributed by atoms with van der Waals surface area (Å²) < 4.78 is 5.04. The normalized spacial score (nSPS) is 19.7. The summed E-state index contributed by atoms with van der Waals surface area (Å²) in [6.07, 6.45) is 0.263. The Bertz CT molecular complexity index is 814. The monoisotopic (exact) mass is 401 g/mol. The van der Waals surface area contributed by atoms with Crippen molar-refractivity contribution in [2.75, 3.05) is 32.7 Å². The molecular weight excluding hydrogens is 374 g/mol. The summed E-state index contributed by atoms with van der Waals surface area (Å²) in [5.41, 5.74) is 0.442. The number of piperazine rings is 1. The van der Waals surface area contributed by atoms with E-state index >= 15 is 0 Å². The number of nitrogens with zero attached hydrogens (tertiary/aromatic N) is 3. The van der Waals surface area contributed by atoms with Gasteiger partial charge in [-0.15, -0.1) is 0 Å². The van der Waals surface area contributed by atoms with Crippen LogP contribution in [-0.4, -0.2) is 77.2 Å². The van der Waals surface area contributed by atoms with Crippen molar-refractivity contribution in [1.82, 2.24) is 14.7 Å². The van der Waals surface area contributed by atoms with E-state index in [2.05, 4.69) is 0 Å². The van der Waals surface area contributed by atoms with Gasteiger partial charge in [0.15, 0.2) is 0 Å². The average molecular weight is 401 g/mol. The highest BCUT2D eigenvalue weighted by molar-refractivity contribution is 5.95. The van der Waals surface area contributed by atoms with Gasteiger partial charge in [-0.2, -0.15) is 0 Å². The van der Waals surface area contributed by atoms with Gasteiger partial charge in [-0.3, -0.25) is 19.2 Å². The van der Waals surface area contributed by atoms with E-state index in [4.69, 9.17) is 4.74 Å². The summed E-state index contributed by atoms with van der Waals surface area (Å²) in [4.78, 5) is 53.9. The Hall–Kier alpha value is -2.90. The number of likely N-dealkylation sites (tertiary alicyclic amines) is 1. The molecule has 1 unspecified atom stereocenters. The van der Waals surface area contributed by atoms with E-state index in [0.29, 0.717) is 44.0 Å². The number of carbonyl (C=O) groups excluding carboxylic acids is 4. The van der Waals surface area contributed by atoms with Crippen LogP contribution in [-0.2, 0) is 14.4 Å². The second-order valence-electron chi connectivity index (χ2n) is 7.78. The summed E-state index contributed by atoms with van der Waals surface area (Å²) in [5.74, 6) is -0.549. The van der Waals surface area contributed by atoms with E-state index in [1.807, 2.05) is 13.8 Å². The van der Waals surface area contributed by atoms with Crippen LogP contribution in [0.2, 0.25) is 0 Å². The van der Waals surface area contributed by atoms with Gasteiger partial charge in [0.1, 0.15) is 5.75 Å². The largest absolute Gasteiger partial charge is 0.427 e. The molecule has 2 fully saturated rings. The van der Waals surface area contributed by atoms with Crippen LogP contribution in [0.4, 0.5) is 0 Å². The van der Waals surface area contributed by atoms with Crippen molar-refractivity contribution in [3.8, 4) is 5.75 Å². The highest BCUT2D eigenvalue weighted by Gasteiger charge is 2.38. The van der Waals surface area contributed by atoms with Crippen LogP contribution >= 0.6 is 0 Å². The second-order valence-corrected chi connectivity index (χ2v) is 7.78. The third-order valence-electron chi connectivity index (χ3n) is 5.35. The molecule has 0 bridgehead atoms. The zero-order valence-corrected chi connectivity index (χ0v) is 17.1. The molecule has 2 aliphatic heterocycles. The fourth-order valence-electron chi connectivity index (χ4n) is 3.83. The zero-order chi connectivity index (χ0) is 21.1. The summed E-state index contributed by atoms with van der Waals surface area (Å²) in [6, 6.07) is 6.61. The maximum Gasteiger partial charge on any atom is 0.308 e. The number of esters is 1. The van der Waals surface area contributed by atoms with E-state index in [9.17, 15) is 19.2 Å². The van der Waals surface area contributed by atoms with E-state index in [-0.39, 0.29) is 36.1 Å². The lowest BCUT2D eigenvalue weighted by Crippen LogP contribution is -2.52. The van der Waals surface area contributed by atoms with Gasteiger partial charge in [-0.1, -0.05) is 6.07 Å². The minimum Gasteiger partial charge on any atom is -0.427 e. The molecule has 0 N–H and O–H groups in total. The topological polar surface area (TPSA) is 87.2 Å². The molecule has 0 aromatic heterocycles. The van der Waals surface area contributed by atoms with Crippen LogP contribution in [0.25, 0.3) is 0 Å². The van der Waals surface area contributed by atoms with Gasteiger partial charge in [-0.05, 0) is 32.0 Å². The number of ether oxygens (including phenoxy) is 1. The average Bonchev–Trinajstić information content (AvgIpc) is 3.08. The first-order valence-electron chi connectivity index (χ1n) is 9.92. The molecule has 2 heterocycles. The number of hydrogen-bond donors (Lipinski definition) is 0. The predicted molar refractivity (Wildman–Crippen MR) is 105 cm³/mol. The van der Waals surface area contributed by atoms with Crippen molar-refractivity contribution >= 4 is 23.7 Å². The zero-order valence-electron chi connectivity index (χ0n) is 17.1. The Kier molecular flexibility index (Phi) is 6.20. The van der Waals surface area contributed by atoms with Crippen molar-refractivity contribution < 1.29 is 23.9 Å². The molecule has 0 aliphatic carbocycles. The van der Waals surface area contributed by atoms with Gasteiger partial charge < -0.3 is 19.4 Å². The van der Waals surface area contributed by atoms with Gasteiger partial charge in [0.25, 0.3) is 5.91 Å². The maximum atomic E-state index is 12.8. The molecule has 0 saturated carbocycles. The number of amides is 3. The minimum absolute atomic E-state index is 0.00884. The third-order valence-corrected chi connectivity index (χ3v) is 5.35. The molecule has 0 spiro atoms. The first-order valence-corrected chi connectivity index (χ1v) is 9.92. The molecule has 3 amide bonds. The fourth-order valence-corrected chi connectivity index (χ4v) is 3.83. The summed E-state index contributed by atoms with van der Waals surface area (Å²) in [7, 11) is 0. The van der Waals surface area contributed by atoms with Crippen LogP contribution < -0.4 is 4.74 Å². The van der Waals surface area contributed by atoms with Gasteiger partial charge in [0.2, 0.25) is 11.8 Å². The number of benzene rings is 1. The molecule has 1 aromatic carbocycles. The minimum atomic E-state index is -0.442. The summed E-state index contributed by atoms with van der Waals surface area (Å²) in [5, 5.41) is 0.